The van der Waals surface area contributed by atoms with Crippen LogP contribution in [0, 0.1) is 0 Å². The van der Waals surface area contributed by atoms with Crippen molar-refractivity contribution in [3.8, 4) is 73.2 Å². The van der Waals surface area contributed by atoms with E-state index in [-0.39, 0.29) is 5.41 Å². The van der Waals surface area contributed by atoms with Gasteiger partial charge >= 0.3 is 0 Å². The number of aromatic nitrogens is 4. The highest BCUT2D eigenvalue weighted by atomic mass is 15.0. The zero-order chi connectivity index (χ0) is 38.8. The molecule has 274 valence electrons. The predicted octanol–water partition coefficient (Wildman–Crippen LogP) is 13.6. The van der Waals surface area contributed by atoms with E-state index in [1.165, 1.54) is 55.3 Å². The van der Waals surface area contributed by atoms with Crippen molar-refractivity contribution in [1.82, 2.24) is 19.5 Å². The van der Waals surface area contributed by atoms with Crippen LogP contribution in [0.15, 0.2) is 194 Å². The number of benzene rings is 8. The number of nitrogens with zero attached hydrogens (tertiary/aromatic N) is 4. The van der Waals surface area contributed by atoms with Gasteiger partial charge in [-0.15, -0.1) is 0 Å². The van der Waals surface area contributed by atoms with E-state index in [0.717, 1.165) is 33.4 Å². The molecule has 0 spiro atoms. The minimum absolute atomic E-state index is 0.197. The molecule has 0 atom stereocenters. The molecule has 0 fully saturated rings. The summed E-state index contributed by atoms with van der Waals surface area (Å²) in [5.74, 6) is 1.90. The second-order valence-electron chi connectivity index (χ2n) is 15.7. The molecule has 0 N–H and O–H groups in total. The average molecular weight is 743 g/mol. The monoisotopic (exact) mass is 742 g/mol. The Morgan fingerprint density at radius 2 is 0.828 bits per heavy atom. The summed E-state index contributed by atoms with van der Waals surface area (Å²) in [5, 5.41) is 2.52. The van der Waals surface area contributed by atoms with Crippen LogP contribution < -0.4 is 0 Å². The molecule has 4 heteroatoms. The lowest BCUT2D eigenvalue weighted by Gasteiger charge is -2.35. The highest BCUT2D eigenvalue weighted by Crippen LogP contribution is 2.49. The van der Waals surface area contributed by atoms with Crippen molar-refractivity contribution in [1.29, 1.82) is 0 Å². The van der Waals surface area contributed by atoms with E-state index in [9.17, 15) is 0 Å². The summed E-state index contributed by atoms with van der Waals surface area (Å²) < 4.78 is 2.47. The van der Waals surface area contributed by atoms with E-state index in [1.54, 1.807) is 0 Å². The number of hydrogen-bond donors (Lipinski definition) is 0. The maximum absolute atomic E-state index is 5.16. The molecule has 0 bridgehead atoms. The van der Waals surface area contributed by atoms with Crippen LogP contribution in [-0.4, -0.2) is 19.5 Å². The SMILES string of the molecule is CC1(C)c2ccccc2-n2c3ccccc3c3cc(-c4cccc(-c5nc(-c6ccc(-c7ccccc7)cc6)nc(-c6ccc(-c7ccccc7)cc6)n5)c4)cc1c32. The molecule has 0 saturated heterocycles. The average Bonchev–Trinajstić information content (AvgIpc) is 3.63. The summed E-state index contributed by atoms with van der Waals surface area (Å²) in [7, 11) is 0. The third kappa shape index (κ3) is 5.56. The molecule has 11 rings (SSSR count). The lowest BCUT2D eigenvalue weighted by molar-refractivity contribution is 0.630. The van der Waals surface area contributed by atoms with Crippen molar-refractivity contribution in [3.63, 3.8) is 0 Å². The fraction of sp³-hybridized carbons (Fsp3) is 0.0556. The van der Waals surface area contributed by atoms with Gasteiger partial charge in [0.05, 0.1) is 16.7 Å². The Morgan fingerprint density at radius 1 is 0.345 bits per heavy atom. The lowest BCUT2D eigenvalue weighted by atomic mass is 9.74. The van der Waals surface area contributed by atoms with Crippen LogP contribution in [0.4, 0.5) is 0 Å². The van der Waals surface area contributed by atoms with Gasteiger partial charge in [-0.25, -0.2) is 15.0 Å². The normalized spacial score (nSPS) is 12.8. The molecule has 4 nitrogen and oxygen atoms in total. The van der Waals surface area contributed by atoms with Gasteiger partial charge in [-0.1, -0.05) is 178 Å². The maximum Gasteiger partial charge on any atom is 0.164 e. The Hall–Kier alpha value is -7.43. The van der Waals surface area contributed by atoms with E-state index in [0.29, 0.717) is 17.5 Å². The van der Waals surface area contributed by atoms with Gasteiger partial charge in [0.15, 0.2) is 17.5 Å². The predicted molar refractivity (Wildman–Crippen MR) is 239 cm³/mol. The van der Waals surface area contributed by atoms with Crippen LogP contribution in [0.5, 0.6) is 0 Å². The number of fused-ring (bicyclic) bond motifs is 5. The summed E-state index contributed by atoms with van der Waals surface area (Å²) in [5.41, 5.74) is 16.0. The Morgan fingerprint density at radius 3 is 1.47 bits per heavy atom. The van der Waals surface area contributed by atoms with E-state index in [4.69, 9.17) is 15.0 Å². The van der Waals surface area contributed by atoms with Gasteiger partial charge in [0.1, 0.15) is 0 Å². The Labute approximate surface area is 337 Å². The van der Waals surface area contributed by atoms with Gasteiger partial charge in [0.2, 0.25) is 0 Å². The molecule has 0 amide bonds. The Balaban J connectivity index is 1.05. The Bertz CT molecular complexity index is 3060. The van der Waals surface area contributed by atoms with Crippen LogP contribution in [-0.2, 0) is 5.41 Å². The smallest absolute Gasteiger partial charge is 0.164 e. The first-order chi connectivity index (χ1) is 28.5. The zero-order valence-corrected chi connectivity index (χ0v) is 32.3. The third-order valence-electron chi connectivity index (χ3n) is 11.9. The van der Waals surface area contributed by atoms with Crippen LogP contribution in [0.3, 0.4) is 0 Å². The summed E-state index contributed by atoms with van der Waals surface area (Å²) in [6.45, 7) is 4.71. The molecular formula is C54H38N4. The van der Waals surface area contributed by atoms with Crippen LogP contribution in [0.25, 0.3) is 95.0 Å². The second kappa shape index (κ2) is 13.4. The molecular weight excluding hydrogens is 705 g/mol. The number of para-hydroxylation sites is 2. The Kier molecular flexibility index (Phi) is 7.80. The molecule has 8 aromatic carbocycles. The van der Waals surface area contributed by atoms with Crippen LogP contribution in [0.2, 0.25) is 0 Å². The number of rotatable bonds is 6. The van der Waals surface area contributed by atoms with Crippen molar-refractivity contribution < 1.29 is 0 Å². The van der Waals surface area contributed by atoms with E-state index in [2.05, 4.69) is 200 Å². The molecule has 58 heavy (non-hydrogen) atoms. The van der Waals surface area contributed by atoms with Crippen molar-refractivity contribution in [2.24, 2.45) is 0 Å². The fourth-order valence-corrected chi connectivity index (χ4v) is 8.82. The van der Waals surface area contributed by atoms with Gasteiger partial charge in [-0.05, 0) is 74.8 Å². The summed E-state index contributed by atoms with van der Waals surface area (Å²) in [6, 6.07) is 69.0. The topological polar surface area (TPSA) is 43.6 Å². The van der Waals surface area contributed by atoms with E-state index >= 15 is 0 Å². The highest BCUT2D eigenvalue weighted by Gasteiger charge is 2.35. The molecule has 2 aromatic heterocycles. The van der Waals surface area contributed by atoms with Crippen molar-refractivity contribution in [3.05, 3.63) is 205 Å². The van der Waals surface area contributed by atoms with E-state index in [1.807, 2.05) is 12.1 Å². The highest BCUT2D eigenvalue weighted by molar-refractivity contribution is 6.13. The summed E-state index contributed by atoms with van der Waals surface area (Å²) >= 11 is 0. The fourth-order valence-electron chi connectivity index (χ4n) is 8.82. The minimum Gasteiger partial charge on any atom is -0.309 e. The van der Waals surface area contributed by atoms with Crippen LogP contribution in [0.1, 0.15) is 25.0 Å². The molecule has 10 aromatic rings. The standard InChI is InChI=1S/C54H38N4/c1-54(2)46-21-10-12-23-49(46)58-48-22-11-9-20-44(48)45-33-43(34-47(54)50(45)58)41-18-13-19-42(32-41)53-56-51(39-28-24-37(25-29-39)35-14-5-3-6-15-35)55-52(57-53)40-30-26-38(27-31-40)36-16-7-4-8-17-36/h3-34H,1-2H3. The summed E-state index contributed by atoms with van der Waals surface area (Å²) in [6.07, 6.45) is 0. The van der Waals surface area contributed by atoms with Gasteiger partial charge in [0.25, 0.3) is 0 Å². The lowest BCUT2D eigenvalue weighted by Crippen LogP contribution is -2.26. The minimum atomic E-state index is -0.197. The quantitative estimate of drug-likeness (QED) is 0.170. The third-order valence-corrected chi connectivity index (χ3v) is 11.9. The molecule has 0 aliphatic carbocycles. The van der Waals surface area contributed by atoms with E-state index < -0.39 is 0 Å². The molecule has 1 aliphatic heterocycles. The van der Waals surface area contributed by atoms with Gasteiger partial charge in [0, 0.05) is 32.9 Å². The second-order valence-corrected chi connectivity index (χ2v) is 15.7. The molecule has 0 radical (unpaired) electrons. The first kappa shape index (κ1) is 33.9. The number of hydrogen-bond acceptors (Lipinski definition) is 3. The molecule has 0 saturated carbocycles. The zero-order valence-electron chi connectivity index (χ0n) is 32.3. The van der Waals surface area contributed by atoms with Crippen LogP contribution >= 0.6 is 0 Å². The first-order valence-electron chi connectivity index (χ1n) is 19.9. The van der Waals surface area contributed by atoms with Crippen molar-refractivity contribution in [2.45, 2.75) is 19.3 Å². The van der Waals surface area contributed by atoms with Crippen molar-refractivity contribution in [2.75, 3.05) is 0 Å². The molecule has 0 unspecified atom stereocenters. The van der Waals surface area contributed by atoms with Gasteiger partial charge in [-0.2, -0.15) is 0 Å². The maximum atomic E-state index is 5.16. The summed E-state index contributed by atoms with van der Waals surface area (Å²) in [4.78, 5) is 15.4. The molecule has 3 heterocycles. The van der Waals surface area contributed by atoms with Gasteiger partial charge < -0.3 is 4.57 Å². The first-order valence-corrected chi connectivity index (χ1v) is 19.9. The van der Waals surface area contributed by atoms with Gasteiger partial charge in [-0.3, -0.25) is 0 Å². The van der Waals surface area contributed by atoms with Crippen molar-refractivity contribution >= 4 is 21.8 Å². The molecule has 1 aliphatic rings. The largest absolute Gasteiger partial charge is 0.309 e.